The van der Waals surface area contributed by atoms with Crippen molar-refractivity contribution in [3.63, 3.8) is 0 Å². The predicted molar refractivity (Wildman–Crippen MR) is 130 cm³/mol. The Morgan fingerprint density at radius 3 is 2.53 bits per heavy atom. The van der Waals surface area contributed by atoms with Crippen molar-refractivity contribution in [2.75, 3.05) is 54.0 Å². The SMILES string of the molecule is COCCC1(CNC(=NCC(=O)N(C)C)NC2CCN(Cc3ccccc3)CC2)CCC1. The van der Waals surface area contributed by atoms with E-state index in [4.69, 9.17) is 4.74 Å². The quantitative estimate of drug-likeness (QED) is 0.430. The molecule has 0 aromatic heterocycles. The van der Waals surface area contributed by atoms with Gasteiger partial charge in [0.15, 0.2) is 5.96 Å². The van der Waals surface area contributed by atoms with Crippen molar-refractivity contribution in [2.24, 2.45) is 10.4 Å². The molecule has 1 saturated heterocycles. The highest BCUT2D eigenvalue weighted by Gasteiger charge is 2.36. The first-order chi connectivity index (χ1) is 15.5. The summed E-state index contributed by atoms with van der Waals surface area (Å²) < 4.78 is 5.33. The average molecular weight is 444 g/mol. The van der Waals surface area contributed by atoms with Gasteiger partial charge >= 0.3 is 0 Å². The minimum absolute atomic E-state index is 0.0153. The van der Waals surface area contributed by atoms with Gasteiger partial charge in [0.2, 0.25) is 5.91 Å². The number of hydrogen-bond acceptors (Lipinski definition) is 4. The van der Waals surface area contributed by atoms with Crippen molar-refractivity contribution in [1.82, 2.24) is 20.4 Å². The number of ether oxygens (including phenoxy) is 1. The summed E-state index contributed by atoms with van der Waals surface area (Å²) in [5.74, 6) is 0.784. The fraction of sp³-hybridized carbons (Fsp3) is 0.680. The van der Waals surface area contributed by atoms with Crippen LogP contribution in [-0.4, -0.2) is 81.7 Å². The fourth-order valence-corrected chi connectivity index (χ4v) is 4.49. The monoisotopic (exact) mass is 443 g/mol. The van der Waals surface area contributed by atoms with Gasteiger partial charge in [0.1, 0.15) is 6.54 Å². The standard InChI is InChI=1S/C25H41N5O2/c1-29(2)23(31)18-26-24(27-20-25(12-7-13-25)14-17-32-3)28-22-10-15-30(16-11-22)19-21-8-5-4-6-9-21/h4-6,8-9,22H,7,10-20H2,1-3H3,(H2,26,27,28). The molecular weight excluding hydrogens is 402 g/mol. The number of nitrogens with zero attached hydrogens (tertiary/aromatic N) is 3. The average Bonchev–Trinajstić information content (AvgIpc) is 2.78. The minimum atomic E-state index is 0.0153. The van der Waals surface area contributed by atoms with Crippen LogP contribution in [-0.2, 0) is 16.1 Å². The molecule has 1 aliphatic heterocycles. The summed E-state index contributed by atoms with van der Waals surface area (Å²) in [6.07, 6.45) is 6.95. The summed E-state index contributed by atoms with van der Waals surface area (Å²) in [6, 6.07) is 11.0. The summed E-state index contributed by atoms with van der Waals surface area (Å²) in [7, 11) is 5.31. The number of guanidine groups is 1. The highest BCUT2D eigenvalue weighted by Crippen LogP contribution is 2.43. The molecule has 3 rings (SSSR count). The molecule has 2 fully saturated rings. The number of piperidine rings is 1. The predicted octanol–water partition coefficient (Wildman–Crippen LogP) is 2.48. The third-order valence-electron chi connectivity index (χ3n) is 6.93. The second-order valence-electron chi connectivity index (χ2n) is 9.58. The maximum Gasteiger partial charge on any atom is 0.243 e. The molecule has 0 bridgehead atoms. The van der Waals surface area contributed by atoms with Crippen LogP contribution in [0.5, 0.6) is 0 Å². The number of amides is 1. The van der Waals surface area contributed by atoms with E-state index in [0.717, 1.165) is 58.0 Å². The Morgan fingerprint density at radius 2 is 1.94 bits per heavy atom. The molecule has 1 aromatic carbocycles. The summed E-state index contributed by atoms with van der Waals surface area (Å²) in [6.45, 7) is 4.97. The van der Waals surface area contributed by atoms with Crippen molar-refractivity contribution in [3.8, 4) is 0 Å². The van der Waals surface area contributed by atoms with E-state index in [1.54, 1.807) is 26.1 Å². The van der Waals surface area contributed by atoms with Crippen LogP contribution in [0.25, 0.3) is 0 Å². The van der Waals surface area contributed by atoms with Crippen LogP contribution < -0.4 is 10.6 Å². The number of likely N-dealkylation sites (N-methyl/N-ethyl adjacent to an activating group) is 1. The van der Waals surface area contributed by atoms with Gasteiger partial charge in [0.05, 0.1) is 0 Å². The van der Waals surface area contributed by atoms with E-state index in [9.17, 15) is 4.79 Å². The van der Waals surface area contributed by atoms with E-state index in [0.29, 0.717) is 11.5 Å². The number of likely N-dealkylation sites (tertiary alicyclic amines) is 1. The highest BCUT2D eigenvalue weighted by atomic mass is 16.5. The molecule has 32 heavy (non-hydrogen) atoms. The smallest absolute Gasteiger partial charge is 0.243 e. The van der Waals surface area contributed by atoms with Crippen LogP contribution in [0.1, 0.15) is 44.1 Å². The maximum absolute atomic E-state index is 12.1. The molecule has 0 unspecified atom stereocenters. The van der Waals surface area contributed by atoms with Gasteiger partial charge in [-0.15, -0.1) is 0 Å². The lowest BCUT2D eigenvalue weighted by Crippen LogP contribution is -2.52. The van der Waals surface area contributed by atoms with Crippen molar-refractivity contribution >= 4 is 11.9 Å². The molecule has 1 saturated carbocycles. The van der Waals surface area contributed by atoms with Gasteiger partial charge in [-0.25, -0.2) is 4.99 Å². The van der Waals surface area contributed by atoms with E-state index in [-0.39, 0.29) is 12.5 Å². The molecule has 1 aromatic rings. The van der Waals surface area contributed by atoms with Crippen LogP contribution in [0.4, 0.5) is 0 Å². The lowest BCUT2D eigenvalue weighted by atomic mass is 9.67. The normalized spacial score (nSPS) is 19.3. The number of benzene rings is 1. The molecule has 178 valence electrons. The van der Waals surface area contributed by atoms with E-state index in [1.807, 2.05) is 0 Å². The molecule has 0 atom stereocenters. The fourth-order valence-electron chi connectivity index (χ4n) is 4.49. The largest absolute Gasteiger partial charge is 0.385 e. The number of hydrogen-bond donors (Lipinski definition) is 2. The Kier molecular flexibility index (Phi) is 9.36. The minimum Gasteiger partial charge on any atom is -0.385 e. The third-order valence-corrected chi connectivity index (χ3v) is 6.93. The van der Waals surface area contributed by atoms with Gasteiger partial charge in [-0.1, -0.05) is 36.8 Å². The summed E-state index contributed by atoms with van der Waals surface area (Å²) in [4.78, 5) is 20.8. The summed E-state index contributed by atoms with van der Waals surface area (Å²) >= 11 is 0. The Labute approximate surface area is 193 Å². The Bertz CT molecular complexity index is 725. The van der Waals surface area contributed by atoms with E-state index in [1.165, 1.54) is 24.8 Å². The zero-order chi connectivity index (χ0) is 22.8. The molecule has 0 spiro atoms. The number of aliphatic imine (C=N–C) groups is 1. The lowest BCUT2D eigenvalue weighted by Gasteiger charge is -2.42. The Morgan fingerprint density at radius 1 is 1.22 bits per heavy atom. The van der Waals surface area contributed by atoms with Crippen LogP contribution in [0.2, 0.25) is 0 Å². The second kappa shape index (κ2) is 12.2. The Balaban J connectivity index is 1.53. The van der Waals surface area contributed by atoms with Crippen molar-refractivity contribution < 1.29 is 9.53 Å². The van der Waals surface area contributed by atoms with Crippen molar-refractivity contribution in [2.45, 2.75) is 51.1 Å². The van der Waals surface area contributed by atoms with Crippen LogP contribution >= 0.6 is 0 Å². The van der Waals surface area contributed by atoms with Gasteiger partial charge in [-0.2, -0.15) is 0 Å². The molecule has 0 radical (unpaired) electrons. The van der Waals surface area contributed by atoms with E-state index >= 15 is 0 Å². The molecule has 7 nitrogen and oxygen atoms in total. The van der Waals surface area contributed by atoms with E-state index in [2.05, 4.69) is 50.9 Å². The molecular formula is C25H41N5O2. The highest BCUT2D eigenvalue weighted by molar-refractivity contribution is 5.85. The number of rotatable bonds is 10. The van der Waals surface area contributed by atoms with Gasteiger partial charge in [-0.05, 0) is 43.1 Å². The second-order valence-corrected chi connectivity index (χ2v) is 9.58. The first-order valence-electron chi connectivity index (χ1n) is 12.0. The number of carbonyl (C=O) groups excluding carboxylic acids is 1. The van der Waals surface area contributed by atoms with Crippen LogP contribution in [0.3, 0.4) is 0 Å². The van der Waals surface area contributed by atoms with E-state index < -0.39 is 0 Å². The number of carbonyl (C=O) groups is 1. The summed E-state index contributed by atoms with van der Waals surface area (Å²) in [5, 5.41) is 7.18. The topological polar surface area (TPSA) is 69.2 Å². The molecule has 1 amide bonds. The maximum atomic E-state index is 12.1. The number of nitrogens with one attached hydrogen (secondary N) is 2. The van der Waals surface area contributed by atoms with Gasteiger partial charge in [0.25, 0.3) is 0 Å². The molecule has 2 aliphatic rings. The molecule has 2 N–H and O–H groups in total. The van der Waals surface area contributed by atoms with Gasteiger partial charge < -0.3 is 20.3 Å². The zero-order valence-corrected chi connectivity index (χ0v) is 20.1. The van der Waals surface area contributed by atoms with Crippen molar-refractivity contribution in [3.05, 3.63) is 35.9 Å². The first kappa shape index (κ1) is 24.5. The van der Waals surface area contributed by atoms with Crippen molar-refractivity contribution in [1.29, 1.82) is 0 Å². The van der Waals surface area contributed by atoms with Crippen LogP contribution in [0.15, 0.2) is 35.3 Å². The molecule has 1 heterocycles. The first-order valence-corrected chi connectivity index (χ1v) is 12.0. The van der Waals surface area contributed by atoms with Crippen LogP contribution in [0, 0.1) is 5.41 Å². The lowest BCUT2D eigenvalue weighted by molar-refractivity contribution is -0.127. The van der Waals surface area contributed by atoms with Gasteiger partial charge in [0, 0.05) is 60.0 Å². The number of methoxy groups -OCH3 is 1. The molecule has 1 aliphatic carbocycles. The summed E-state index contributed by atoms with van der Waals surface area (Å²) in [5.41, 5.74) is 1.66. The third kappa shape index (κ3) is 7.48. The Hall–Kier alpha value is -2.12. The zero-order valence-electron chi connectivity index (χ0n) is 20.1. The van der Waals surface area contributed by atoms with Gasteiger partial charge in [-0.3, -0.25) is 9.69 Å². The molecule has 7 heteroatoms.